The highest BCUT2D eigenvalue weighted by molar-refractivity contribution is 6.31. The Balaban J connectivity index is 2.94. The molecule has 0 aromatic heterocycles. The fraction of sp³-hybridized carbons (Fsp3) is 0.364. The summed E-state index contributed by atoms with van der Waals surface area (Å²) in [6, 6.07) is 4.53. The third kappa shape index (κ3) is 3.33. The minimum atomic E-state index is -1.09. The quantitative estimate of drug-likeness (QED) is 0.588. The fourth-order valence-corrected chi connectivity index (χ4v) is 1.37. The number of aliphatic hydroxyl groups is 2. The Morgan fingerprint density at radius 3 is 2.59 bits per heavy atom. The molecule has 0 heterocycles. The van der Waals surface area contributed by atoms with Gasteiger partial charge in [0, 0.05) is 10.7 Å². The van der Waals surface area contributed by atoms with Gasteiger partial charge in [0.2, 0.25) is 0 Å². The monoisotopic (exact) mass is 258 g/mol. The molecular weight excluding hydrogens is 244 g/mol. The molecule has 0 radical (unpaired) electrons. The number of nitrogens with two attached hydrogens (primary N) is 1. The Hall–Kier alpha value is -1.30. The van der Waals surface area contributed by atoms with Crippen LogP contribution in [0, 0.1) is 0 Å². The summed E-state index contributed by atoms with van der Waals surface area (Å²) in [5.41, 5.74) is 5.05. The van der Waals surface area contributed by atoms with Crippen molar-refractivity contribution in [3.63, 3.8) is 0 Å². The van der Waals surface area contributed by atoms with Crippen molar-refractivity contribution in [3.05, 3.63) is 28.8 Å². The number of amides is 1. The summed E-state index contributed by atoms with van der Waals surface area (Å²) in [7, 11) is 0. The molecule has 1 amide bonds. The molecule has 0 saturated carbocycles. The van der Waals surface area contributed by atoms with Crippen LogP contribution < -0.4 is 11.1 Å². The largest absolute Gasteiger partial charge is 0.398 e. The van der Waals surface area contributed by atoms with Gasteiger partial charge in [0.25, 0.3) is 5.91 Å². The molecule has 5 N–H and O–H groups in total. The minimum absolute atomic E-state index is 0.214. The summed E-state index contributed by atoms with van der Waals surface area (Å²) in [6.45, 7) is 0.761. The van der Waals surface area contributed by atoms with Crippen LogP contribution in [-0.4, -0.2) is 34.9 Å². The van der Waals surface area contributed by atoms with E-state index in [9.17, 15) is 4.79 Å². The van der Waals surface area contributed by atoms with E-state index < -0.39 is 11.4 Å². The zero-order valence-electron chi connectivity index (χ0n) is 9.40. The van der Waals surface area contributed by atoms with Gasteiger partial charge in [0.05, 0.1) is 24.3 Å². The van der Waals surface area contributed by atoms with Crippen LogP contribution in [0.25, 0.3) is 0 Å². The van der Waals surface area contributed by atoms with Crippen LogP contribution in [0.2, 0.25) is 5.02 Å². The lowest BCUT2D eigenvalue weighted by molar-refractivity contribution is 0.0724. The Morgan fingerprint density at radius 2 is 2.06 bits per heavy atom. The number of rotatable bonds is 4. The number of anilines is 1. The van der Waals surface area contributed by atoms with E-state index in [0.29, 0.717) is 5.02 Å². The zero-order valence-corrected chi connectivity index (χ0v) is 10.2. The van der Waals surface area contributed by atoms with Crippen LogP contribution in [0.15, 0.2) is 18.2 Å². The van der Waals surface area contributed by atoms with Gasteiger partial charge in [-0.1, -0.05) is 11.6 Å². The first-order valence-corrected chi connectivity index (χ1v) is 5.39. The van der Waals surface area contributed by atoms with Crippen molar-refractivity contribution >= 4 is 23.2 Å². The Kier molecular flexibility index (Phi) is 4.34. The van der Waals surface area contributed by atoms with E-state index >= 15 is 0 Å². The Morgan fingerprint density at radius 1 is 1.47 bits per heavy atom. The summed E-state index contributed by atoms with van der Waals surface area (Å²) in [4.78, 5) is 11.9. The number of nitrogens with one attached hydrogen (secondary N) is 1. The lowest BCUT2D eigenvalue weighted by Gasteiger charge is -2.26. The molecule has 0 aliphatic carbocycles. The van der Waals surface area contributed by atoms with Gasteiger partial charge in [-0.25, -0.2) is 0 Å². The van der Waals surface area contributed by atoms with Crippen molar-refractivity contribution in [2.24, 2.45) is 0 Å². The number of nitrogen functional groups attached to an aromatic ring is 1. The molecule has 94 valence electrons. The second-order valence-electron chi connectivity index (χ2n) is 4.06. The summed E-state index contributed by atoms with van der Waals surface area (Å²) < 4.78 is 0. The predicted molar refractivity (Wildman–Crippen MR) is 65.9 cm³/mol. The molecule has 0 bridgehead atoms. The maximum atomic E-state index is 11.9. The minimum Gasteiger partial charge on any atom is -0.398 e. The molecule has 17 heavy (non-hydrogen) atoms. The first-order chi connectivity index (χ1) is 7.91. The lowest BCUT2D eigenvalue weighted by Crippen LogP contribution is -2.51. The van der Waals surface area contributed by atoms with Crippen LogP contribution in [-0.2, 0) is 0 Å². The second kappa shape index (κ2) is 5.35. The van der Waals surface area contributed by atoms with Gasteiger partial charge >= 0.3 is 0 Å². The molecule has 0 fully saturated rings. The average molecular weight is 259 g/mol. The average Bonchev–Trinajstić information content (AvgIpc) is 2.32. The number of halogens is 1. The van der Waals surface area contributed by atoms with Gasteiger partial charge in [-0.2, -0.15) is 0 Å². The lowest BCUT2D eigenvalue weighted by atomic mass is 10.0. The van der Waals surface area contributed by atoms with Crippen molar-refractivity contribution in [2.45, 2.75) is 12.5 Å². The molecule has 1 aromatic rings. The van der Waals surface area contributed by atoms with Crippen molar-refractivity contribution in [3.8, 4) is 0 Å². The van der Waals surface area contributed by atoms with Gasteiger partial charge in [0.15, 0.2) is 0 Å². The molecule has 0 unspecified atom stereocenters. The summed E-state index contributed by atoms with van der Waals surface area (Å²) in [5, 5.41) is 21.0. The van der Waals surface area contributed by atoms with Crippen molar-refractivity contribution in [1.29, 1.82) is 0 Å². The zero-order chi connectivity index (χ0) is 13.1. The highest BCUT2D eigenvalue weighted by atomic mass is 35.5. The third-order valence-electron chi connectivity index (χ3n) is 2.37. The van der Waals surface area contributed by atoms with E-state index in [1.807, 2.05) is 0 Å². The molecule has 0 saturated heterocycles. The van der Waals surface area contributed by atoms with Gasteiger partial charge in [0.1, 0.15) is 0 Å². The highest BCUT2D eigenvalue weighted by Crippen LogP contribution is 2.18. The van der Waals surface area contributed by atoms with E-state index in [-0.39, 0.29) is 24.5 Å². The smallest absolute Gasteiger partial charge is 0.254 e. The number of carbonyl (C=O) groups excluding carboxylic acids is 1. The molecule has 0 aliphatic rings. The first-order valence-electron chi connectivity index (χ1n) is 5.01. The van der Waals surface area contributed by atoms with E-state index in [1.54, 1.807) is 6.07 Å². The highest BCUT2D eigenvalue weighted by Gasteiger charge is 2.25. The van der Waals surface area contributed by atoms with E-state index in [0.717, 1.165) is 0 Å². The SMILES string of the molecule is CC(CO)(CO)NC(=O)c1cc(Cl)ccc1N. The van der Waals surface area contributed by atoms with Crippen molar-refractivity contribution in [1.82, 2.24) is 5.32 Å². The molecule has 0 aliphatic heterocycles. The maximum absolute atomic E-state index is 11.9. The van der Waals surface area contributed by atoms with Crippen LogP contribution >= 0.6 is 11.6 Å². The van der Waals surface area contributed by atoms with Crippen LogP contribution in [0.3, 0.4) is 0 Å². The summed E-state index contributed by atoms with van der Waals surface area (Å²) in [5.74, 6) is -0.490. The first kappa shape index (κ1) is 13.8. The fourth-order valence-electron chi connectivity index (χ4n) is 1.20. The van der Waals surface area contributed by atoms with E-state index in [1.165, 1.54) is 19.1 Å². The Bertz CT molecular complexity index is 419. The number of carbonyl (C=O) groups is 1. The van der Waals surface area contributed by atoms with Crippen LogP contribution in [0.1, 0.15) is 17.3 Å². The van der Waals surface area contributed by atoms with Gasteiger partial charge in [-0.05, 0) is 25.1 Å². The predicted octanol–water partition coefficient (Wildman–Crippen LogP) is 0.395. The van der Waals surface area contributed by atoms with Crippen LogP contribution in [0.4, 0.5) is 5.69 Å². The normalized spacial score (nSPS) is 11.3. The molecular formula is C11H15ClN2O3. The van der Waals surface area contributed by atoms with Gasteiger partial charge in [-0.3, -0.25) is 4.79 Å². The van der Waals surface area contributed by atoms with E-state index in [4.69, 9.17) is 27.5 Å². The topological polar surface area (TPSA) is 95.6 Å². The number of hydrogen-bond acceptors (Lipinski definition) is 4. The molecule has 5 nitrogen and oxygen atoms in total. The summed E-state index contributed by atoms with van der Waals surface area (Å²) in [6.07, 6.45) is 0. The molecule has 1 rings (SSSR count). The van der Waals surface area contributed by atoms with Crippen molar-refractivity contribution in [2.75, 3.05) is 18.9 Å². The number of aliphatic hydroxyl groups excluding tert-OH is 2. The van der Waals surface area contributed by atoms with E-state index in [2.05, 4.69) is 5.32 Å². The second-order valence-corrected chi connectivity index (χ2v) is 4.50. The molecule has 0 spiro atoms. The molecule has 1 aromatic carbocycles. The standard InChI is InChI=1S/C11H15ClN2O3/c1-11(5-15,6-16)14-10(17)8-4-7(12)2-3-9(8)13/h2-4,15-16H,5-6,13H2,1H3,(H,14,17). The molecule has 6 heteroatoms. The molecule has 0 atom stereocenters. The van der Waals surface area contributed by atoms with Gasteiger partial charge < -0.3 is 21.3 Å². The summed E-state index contributed by atoms with van der Waals surface area (Å²) >= 11 is 5.77. The van der Waals surface area contributed by atoms with Gasteiger partial charge in [-0.15, -0.1) is 0 Å². The maximum Gasteiger partial charge on any atom is 0.254 e. The van der Waals surface area contributed by atoms with Crippen LogP contribution in [0.5, 0.6) is 0 Å². The van der Waals surface area contributed by atoms with Crippen molar-refractivity contribution < 1.29 is 15.0 Å². The third-order valence-corrected chi connectivity index (χ3v) is 2.61. The Labute approximate surface area is 104 Å². The number of hydrogen-bond donors (Lipinski definition) is 4. The number of benzene rings is 1.